The molecule has 1 N–H and O–H groups in total. The number of amides is 1. The fourth-order valence-electron chi connectivity index (χ4n) is 2.96. The molecule has 1 saturated heterocycles. The van der Waals surface area contributed by atoms with Crippen LogP contribution in [0.25, 0.3) is 0 Å². The number of hydrogen-bond acceptors (Lipinski definition) is 4. The molecule has 0 saturated carbocycles. The maximum Gasteiger partial charge on any atom is 0.255 e. The van der Waals surface area contributed by atoms with Crippen LogP contribution in [0, 0.1) is 0 Å². The van der Waals surface area contributed by atoms with Crippen molar-refractivity contribution in [3.05, 3.63) is 59.7 Å². The molecule has 1 aliphatic rings. The lowest BCUT2D eigenvalue weighted by atomic mass is 10.1. The number of hydrogen-bond donors (Lipinski definition) is 1. The van der Waals surface area contributed by atoms with Crippen LogP contribution in [0.1, 0.15) is 28.8 Å². The average molecular weight is 391 g/mol. The van der Waals surface area contributed by atoms with Crippen LogP contribution >= 0.6 is 11.8 Å². The van der Waals surface area contributed by atoms with Gasteiger partial charge in [-0.05, 0) is 48.9 Å². The number of benzene rings is 2. The van der Waals surface area contributed by atoms with E-state index in [4.69, 9.17) is 0 Å². The van der Waals surface area contributed by atoms with E-state index in [1.165, 1.54) is 0 Å². The molecular weight excluding hydrogens is 368 g/mol. The van der Waals surface area contributed by atoms with Crippen LogP contribution in [0.3, 0.4) is 0 Å². The van der Waals surface area contributed by atoms with E-state index >= 15 is 0 Å². The molecule has 26 heavy (non-hydrogen) atoms. The van der Waals surface area contributed by atoms with E-state index < -0.39 is 10.0 Å². The molecule has 0 aliphatic carbocycles. The van der Waals surface area contributed by atoms with E-state index in [1.54, 1.807) is 40.3 Å². The lowest BCUT2D eigenvalue weighted by molar-refractivity contribution is 0.102. The molecule has 0 aromatic heterocycles. The Morgan fingerprint density at radius 2 is 1.73 bits per heavy atom. The van der Waals surface area contributed by atoms with Crippen LogP contribution in [0.5, 0.6) is 0 Å². The summed E-state index contributed by atoms with van der Waals surface area (Å²) in [5, 5.41) is 2.90. The van der Waals surface area contributed by atoms with Crippen molar-refractivity contribution in [2.45, 2.75) is 23.5 Å². The van der Waals surface area contributed by atoms with Gasteiger partial charge in [-0.15, -0.1) is 11.8 Å². The lowest BCUT2D eigenvalue weighted by Gasteiger charge is -2.15. The predicted molar refractivity (Wildman–Crippen MR) is 106 cm³/mol. The smallest absolute Gasteiger partial charge is 0.255 e. The molecule has 0 unspecified atom stereocenters. The van der Waals surface area contributed by atoms with Gasteiger partial charge in [0, 0.05) is 23.5 Å². The molecule has 1 amide bonds. The van der Waals surface area contributed by atoms with Crippen molar-refractivity contribution in [1.82, 2.24) is 4.31 Å². The molecule has 0 atom stereocenters. The molecule has 0 radical (unpaired) electrons. The molecule has 7 heteroatoms. The Kier molecular flexibility index (Phi) is 6.01. The monoisotopic (exact) mass is 390 g/mol. The molecule has 3 rings (SSSR count). The van der Waals surface area contributed by atoms with E-state index in [0.717, 1.165) is 23.4 Å². The Hall–Kier alpha value is -1.83. The van der Waals surface area contributed by atoms with Gasteiger partial charge in [-0.3, -0.25) is 4.79 Å². The Morgan fingerprint density at radius 3 is 2.38 bits per heavy atom. The Balaban J connectivity index is 1.68. The number of nitrogens with one attached hydrogen (secondary N) is 1. The van der Waals surface area contributed by atoms with E-state index in [-0.39, 0.29) is 11.7 Å². The van der Waals surface area contributed by atoms with E-state index in [2.05, 4.69) is 5.32 Å². The van der Waals surface area contributed by atoms with Gasteiger partial charge in [-0.2, -0.15) is 0 Å². The van der Waals surface area contributed by atoms with Crippen LogP contribution in [0.4, 0.5) is 5.69 Å². The number of carbonyl (C=O) groups is 1. The predicted octanol–water partition coefficient (Wildman–Crippen LogP) is 3.59. The van der Waals surface area contributed by atoms with Crippen molar-refractivity contribution in [1.29, 1.82) is 0 Å². The fourth-order valence-corrected chi connectivity index (χ4v) is 5.13. The minimum atomic E-state index is -3.27. The second kappa shape index (κ2) is 8.24. The molecule has 1 aliphatic heterocycles. The van der Waals surface area contributed by atoms with Gasteiger partial charge in [0.1, 0.15) is 0 Å². The van der Waals surface area contributed by atoms with Crippen molar-refractivity contribution in [3.63, 3.8) is 0 Å². The number of carbonyl (C=O) groups excluding carboxylic acids is 1. The molecule has 0 spiro atoms. The summed E-state index contributed by atoms with van der Waals surface area (Å²) in [6, 6.07) is 14.4. The largest absolute Gasteiger partial charge is 0.321 e. The summed E-state index contributed by atoms with van der Waals surface area (Å²) in [5.74, 6) is -0.232. The molecule has 2 aromatic rings. The van der Waals surface area contributed by atoms with Gasteiger partial charge in [0.25, 0.3) is 5.91 Å². The maximum atomic E-state index is 12.4. The highest BCUT2D eigenvalue weighted by molar-refractivity contribution is 7.98. The van der Waals surface area contributed by atoms with Crippen LogP contribution in [0.15, 0.2) is 53.4 Å². The third-order valence-electron chi connectivity index (χ3n) is 4.38. The quantitative estimate of drug-likeness (QED) is 0.766. The van der Waals surface area contributed by atoms with Gasteiger partial charge in [0.2, 0.25) is 10.0 Å². The van der Waals surface area contributed by atoms with E-state index in [0.29, 0.717) is 24.2 Å². The zero-order chi connectivity index (χ0) is 18.6. The summed E-state index contributed by atoms with van der Waals surface area (Å²) in [4.78, 5) is 13.4. The third kappa shape index (κ3) is 4.47. The van der Waals surface area contributed by atoms with Gasteiger partial charge >= 0.3 is 0 Å². The summed E-state index contributed by atoms with van der Waals surface area (Å²) in [6.07, 6.45) is 3.81. The van der Waals surface area contributed by atoms with Gasteiger partial charge in [-0.25, -0.2) is 12.7 Å². The second-order valence-electron chi connectivity index (χ2n) is 6.21. The Bertz CT molecular complexity index is 874. The van der Waals surface area contributed by atoms with Crippen LogP contribution < -0.4 is 5.32 Å². The van der Waals surface area contributed by atoms with Gasteiger partial charge in [-0.1, -0.05) is 24.3 Å². The molecule has 138 valence electrons. The average Bonchev–Trinajstić information content (AvgIpc) is 3.18. The third-order valence-corrected chi connectivity index (χ3v) is 7.02. The number of thioether (sulfide) groups is 1. The number of sulfonamides is 1. The molecule has 0 bridgehead atoms. The van der Waals surface area contributed by atoms with Crippen molar-refractivity contribution in [3.8, 4) is 0 Å². The van der Waals surface area contributed by atoms with Crippen molar-refractivity contribution in [2.75, 3.05) is 24.7 Å². The minimum absolute atomic E-state index is 0.0236. The van der Waals surface area contributed by atoms with Crippen LogP contribution in [0.2, 0.25) is 0 Å². The molecule has 5 nitrogen and oxygen atoms in total. The number of anilines is 1. The van der Waals surface area contributed by atoms with Gasteiger partial charge in [0.05, 0.1) is 11.4 Å². The maximum absolute atomic E-state index is 12.4. The number of nitrogens with zero attached hydrogens (tertiary/aromatic N) is 1. The first-order valence-corrected chi connectivity index (χ1v) is 11.3. The normalized spacial score (nSPS) is 15.1. The first-order valence-electron chi connectivity index (χ1n) is 8.51. The molecular formula is C19H22N2O3S2. The van der Waals surface area contributed by atoms with Crippen LogP contribution in [-0.4, -0.2) is 38.0 Å². The Labute approximate surface area is 158 Å². The zero-order valence-corrected chi connectivity index (χ0v) is 16.3. The summed E-state index contributed by atoms with van der Waals surface area (Å²) < 4.78 is 26.3. The van der Waals surface area contributed by atoms with Crippen molar-refractivity contribution in [2.24, 2.45) is 0 Å². The van der Waals surface area contributed by atoms with E-state index in [1.807, 2.05) is 30.5 Å². The van der Waals surface area contributed by atoms with Crippen LogP contribution in [-0.2, 0) is 15.8 Å². The summed E-state index contributed by atoms with van der Waals surface area (Å²) in [5.41, 5.74) is 1.96. The highest BCUT2D eigenvalue weighted by Gasteiger charge is 2.25. The van der Waals surface area contributed by atoms with Gasteiger partial charge < -0.3 is 5.32 Å². The first-order chi connectivity index (χ1) is 12.5. The van der Waals surface area contributed by atoms with Crippen molar-refractivity contribution >= 4 is 33.4 Å². The van der Waals surface area contributed by atoms with Crippen molar-refractivity contribution < 1.29 is 13.2 Å². The lowest BCUT2D eigenvalue weighted by Crippen LogP contribution is -2.29. The SMILES string of the molecule is CSc1ccccc1NC(=O)c1ccc(CS(=O)(=O)N2CCCC2)cc1. The summed E-state index contributed by atoms with van der Waals surface area (Å²) in [6.45, 7) is 1.22. The molecule has 2 aromatic carbocycles. The second-order valence-corrected chi connectivity index (χ2v) is 9.03. The van der Waals surface area contributed by atoms with Gasteiger partial charge in [0.15, 0.2) is 0 Å². The topological polar surface area (TPSA) is 66.5 Å². The molecule has 1 fully saturated rings. The Morgan fingerprint density at radius 1 is 1.08 bits per heavy atom. The minimum Gasteiger partial charge on any atom is -0.321 e. The standard InChI is InChI=1S/C19H22N2O3S2/c1-25-18-7-3-2-6-17(18)20-19(22)16-10-8-15(9-11-16)14-26(23,24)21-12-4-5-13-21/h2-3,6-11H,4-5,12-14H2,1H3,(H,20,22). The zero-order valence-electron chi connectivity index (χ0n) is 14.6. The molecule has 1 heterocycles. The fraction of sp³-hybridized carbons (Fsp3) is 0.316. The highest BCUT2D eigenvalue weighted by atomic mass is 32.2. The number of rotatable bonds is 6. The first kappa shape index (κ1) is 18.9. The highest BCUT2D eigenvalue weighted by Crippen LogP contribution is 2.25. The number of para-hydroxylation sites is 1. The van der Waals surface area contributed by atoms with E-state index in [9.17, 15) is 13.2 Å². The summed E-state index contributed by atoms with van der Waals surface area (Å²) >= 11 is 1.57. The summed E-state index contributed by atoms with van der Waals surface area (Å²) in [7, 11) is -3.27.